The average molecular weight is 352 g/mol. The molecule has 2 aromatic carbocycles. The standard InChI is InChI=1S/C16H17FN2O4S/c1-11-7-8-15(10-16(11)17)24(22,23)18(3)12(2)13-5-4-6-14(9-13)19(20)21/h4-10,12H,1-3H3. The molecule has 24 heavy (non-hydrogen) atoms. The highest BCUT2D eigenvalue weighted by molar-refractivity contribution is 7.89. The average Bonchev–Trinajstić information content (AvgIpc) is 2.55. The molecule has 0 aliphatic carbocycles. The zero-order chi connectivity index (χ0) is 18.1. The molecule has 0 N–H and O–H groups in total. The third-order valence-electron chi connectivity index (χ3n) is 3.93. The van der Waals surface area contributed by atoms with E-state index in [0.29, 0.717) is 11.1 Å². The zero-order valence-electron chi connectivity index (χ0n) is 13.4. The number of halogens is 1. The number of rotatable bonds is 5. The monoisotopic (exact) mass is 352 g/mol. The first-order valence-electron chi connectivity index (χ1n) is 7.13. The van der Waals surface area contributed by atoms with Crippen molar-refractivity contribution in [1.29, 1.82) is 0 Å². The minimum Gasteiger partial charge on any atom is -0.258 e. The fourth-order valence-corrected chi connectivity index (χ4v) is 3.58. The van der Waals surface area contributed by atoms with Crippen molar-refractivity contribution in [3.05, 3.63) is 69.5 Å². The molecule has 6 nitrogen and oxygen atoms in total. The van der Waals surface area contributed by atoms with Gasteiger partial charge in [0.25, 0.3) is 5.69 Å². The predicted octanol–water partition coefficient (Wildman–Crippen LogP) is 3.42. The molecule has 0 bridgehead atoms. The fourth-order valence-electron chi connectivity index (χ4n) is 2.22. The van der Waals surface area contributed by atoms with E-state index in [0.717, 1.165) is 10.4 Å². The lowest BCUT2D eigenvalue weighted by molar-refractivity contribution is -0.384. The number of nitrogens with zero attached hydrogens (tertiary/aromatic N) is 2. The Morgan fingerprint density at radius 3 is 2.46 bits per heavy atom. The van der Waals surface area contributed by atoms with Gasteiger partial charge in [-0.2, -0.15) is 4.31 Å². The first-order chi connectivity index (χ1) is 11.1. The van der Waals surface area contributed by atoms with E-state index in [1.54, 1.807) is 19.9 Å². The van der Waals surface area contributed by atoms with Gasteiger partial charge in [0.05, 0.1) is 9.82 Å². The summed E-state index contributed by atoms with van der Waals surface area (Å²) in [5.74, 6) is -0.604. The van der Waals surface area contributed by atoms with Crippen molar-refractivity contribution >= 4 is 15.7 Å². The number of hydrogen-bond acceptors (Lipinski definition) is 4. The second kappa shape index (κ2) is 6.66. The van der Waals surface area contributed by atoms with Crippen molar-refractivity contribution in [1.82, 2.24) is 4.31 Å². The summed E-state index contributed by atoms with van der Waals surface area (Å²) in [5, 5.41) is 10.9. The van der Waals surface area contributed by atoms with Gasteiger partial charge in [-0.25, -0.2) is 12.8 Å². The summed E-state index contributed by atoms with van der Waals surface area (Å²) in [4.78, 5) is 10.2. The second-order valence-electron chi connectivity index (χ2n) is 5.46. The van der Waals surface area contributed by atoms with Crippen LogP contribution < -0.4 is 0 Å². The van der Waals surface area contributed by atoms with E-state index in [9.17, 15) is 22.9 Å². The maximum absolute atomic E-state index is 13.7. The van der Waals surface area contributed by atoms with E-state index in [4.69, 9.17) is 0 Å². The normalized spacial score (nSPS) is 13.0. The Bertz CT molecular complexity index is 883. The van der Waals surface area contributed by atoms with E-state index >= 15 is 0 Å². The van der Waals surface area contributed by atoms with Crippen LogP contribution in [0, 0.1) is 22.9 Å². The molecule has 0 aliphatic heterocycles. The molecule has 0 spiro atoms. The van der Waals surface area contributed by atoms with Gasteiger partial charge in [-0.1, -0.05) is 18.2 Å². The molecule has 0 aromatic heterocycles. The summed E-state index contributed by atoms with van der Waals surface area (Å²) < 4.78 is 40.1. The first-order valence-corrected chi connectivity index (χ1v) is 8.57. The molecule has 0 heterocycles. The minimum absolute atomic E-state index is 0.119. The van der Waals surface area contributed by atoms with Gasteiger partial charge < -0.3 is 0 Å². The maximum Gasteiger partial charge on any atom is 0.269 e. The summed E-state index contributed by atoms with van der Waals surface area (Å²) in [6, 6.07) is 8.82. The van der Waals surface area contributed by atoms with Gasteiger partial charge in [-0.15, -0.1) is 0 Å². The zero-order valence-corrected chi connectivity index (χ0v) is 14.2. The summed E-state index contributed by atoms with van der Waals surface area (Å²) in [5.41, 5.74) is 0.706. The van der Waals surface area contributed by atoms with Crippen LogP contribution in [0.25, 0.3) is 0 Å². The molecule has 8 heteroatoms. The maximum atomic E-state index is 13.7. The molecule has 0 radical (unpaired) electrons. The van der Waals surface area contributed by atoms with Gasteiger partial charge in [0.2, 0.25) is 10.0 Å². The number of nitro groups is 1. The van der Waals surface area contributed by atoms with Gasteiger partial charge in [0, 0.05) is 25.2 Å². The Labute approximate surface area is 139 Å². The molecule has 2 aromatic rings. The molecule has 1 unspecified atom stereocenters. The Morgan fingerprint density at radius 1 is 1.21 bits per heavy atom. The molecule has 0 saturated heterocycles. The number of non-ortho nitro benzene ring substituents is 1. The van der Waals surface area contributed by atoms with E-state index in [2.05, 4.69) is 0 Å². The smallest absolute Gasteiger partial charge is 0.258 e. The predicted molar refractivity (Wildman–Crippen MR) is 87.6 cm³/mol. The Kier molecular flexibility index (Phi) is 5.00. The van der Waals surface area contributed by atoms with Crippen LogP contribution in [0.3, 0.4) is 0 Å². The molecule has 2 rings (SSSR count). The summed E-state index contributed by atoms with van der Waals surface area (Å²) in [6.45, 7) is 3.16. The number of aryl methyl sites for hydroxylation is 1. The topological polar surface area (TPSA) is 80.5 Å². The largest absolute Gasteiger partial charge is 0.269 e. The number of hydrogen-bond donors (Lipinski definition) is 0. The van der Waals surface area contributed by atoms with E-state index in [-0.39, 0.29) is 10.6 Å². The van der Waals surface area contributed by atoms with Gasteiger partial charge in [0.1, 0.15) is 5.82 Å². The van der Waals surface area contributed by atoms with Crippen molar-refractivity contribution in [2.24, 2.45) is 0 Å². The van der Waals surface area contributed by atoms with Gasteiger partial charge in [-0.3, -0.25) is 10.1 Å². The van der Waals surface area contributed by atoms with Crippen LogP contribution in [-0.2, 0) is 10.0 Å². The third-order valence-corrected chi connectivity index (χ3v) is 5.85. The number of sulfonamides is 1. The molecule has 0 amide bonds. The lowest BCUT2D eigenvalue weighted by atomic mass is 10.1. The van der Waals surface area contributed by atoms with Crippen molar-refractivity contribution in [3.8, 4) is 0 Å². The number of nitro benzene ring substituents is 1. The van der Waals surface area contributed by atoms with E-state index in [1.165, 1.54) is 37.4 Å². The van der Waals surface area contributed by atoms with Crippen molar-refractivity contribution in [3.63, 3.8) is 0 Å². The highest BCUT2D eigenvalue weighted by Gasteiger charge is 2.27. The Balaban J connectivity index is 2.38. The Morgan fingerprint density at radius 2 is 1.88 bits per heavy atom. The van der Waals surface area contributed by atoms with Crippen LogP contribution >= 0.6 is 0 Å². The molecule has 128 valence electrons. The number of benzene rings is 2. The molecular weight excluding hydrogens is 335 g/mol. The summed E-state index contributed by atoms with van der Waals surface area (Å²) >= 11 is 0. The SMILES string of the molecule is Cc1ccc(S(=O)(=O)N(C)C(C)c2cccc([N+](=O)[O-])c2)cc1F. The lowest BCUT2D eigenvalue weighted by Crippen LogP contribution is -2.30. The minimum atomic E-state index is -3.94. The van der Waals surface area contributed by atoms with E-state index in [1.807, 2.05) is 0 Å². The summed E-state index contributed by atoms with van der Waals surface area (Å²) in [7, 11) is -2.58. The van der Waals surface area contributed by atoms with Crippen molar-refractivity contribution < 1.29 is 17.7 Å². The second-order valence-corrected chi connectivity index (χ2v) is 7.46. The van der Waals surface area contributed by atoms with Gasteiger partial charge >= 0.3 is 0 Å². The van der Waals surface area contributed by atoms with Crippen LogP contribution in [0.5, 0.6) is 0 Å². The Hall–Kier alpha value is -2.32. The van der Waals surface area contributed by atoms with Crippen LogP contribution in [-0.4, -0.2) is 24.7 Å². The van der Waals surface area contributed by atoms with Crippen molar-refractivity contribution in [2.45, 2.75) is 24.8 Å². The molecule has 0 saturated carbocycles. The molecular formula is C16H17FN2O4S. The highest BCUT2D eigenvalue weighted by atomic mass is 32.2. The van der Waals surface area contributed by atoms with E-state index < -0.39 is 26.8 Å². The van der Waals surface area contributed by atoms with Crippen molar-refractivity contribution in [2.75, 3.05) is 7.05 Å². The molecule has 0 fully saturated rings. The van der Waals surface area contributed by atoms with Crippen LogP contribution in [0.4, 0.5) is 10.1 Å². The fraction of sp³-hybridized carbons (Fsp3) is 0.250. The molecule has 0 aliphatic rings. The lowest BCUT2D eigenvalue weighted by Gasteiger charge is -2.24. The summed E-state index contributed by atoms with van der Waals surface area (Å²) in [6.07, 6.45) is 0. The first kappa shape index (κ1) is 18.0. The van der Waals surface area contributed by atoms with Crippen LogP contribution in [0.2, 0.25) is 0 Å². The van der Waals surface area contributed by atoms with Crippen LogP contribution in [0.15, 0.2) is 47.4 Å². The van der Waals surface area contributed by atoms with Gasteiger partial charge in [0.15, 0.2) is 0 Å². The van der Waals surface area contributed by atoms with Crippen LogP contribution in [0.1, 0.15) is 24.1 Å². The van der Waals surface area contributed by atoms with Gasteiger partial charge in [-0.05, 0) is 37.1 Å². The molecule has 1 atom stereocenters. The third kappa shape index (κ3) is 3.44. The quantitative estimate of drug-likeness (QED) is 0.610. The highest BCUT2D eigenvalue weighted by Crippen LogP contribution is 2.28.